The predicted molar refractivity (Wildman–Crippen MR) is 79.3 cm³/mol. The molecule has 0 saturated heterocycles. The molecule has 0 saturated carbocycles. The Labute approximate surface area is 122 Å². The van der Waals surface area contributed by atoms with E-state index in [1.54, 1.807) is 6.07 Å². The highest BCUT2D eigenvalue weighted by molar-refractivity contribution is 8.02. The molecule has 3 aromatic rings. The van der Waals surface area contributed by atoms with E-state index < -0.39 is 5.82 Å². The number of hydrogen-bond donors (Lipinski definition) is 2. The summed E-state index contributed by atoms with van der Waals surface area (Å²) >= 11 is 2.81. The zero-order chi connectivity index (χ0) is 14.1. The Morgan fingerprint density at radius 1 is 1.50 bits per heavy atom. The number of halogens is 1. The molecule has 0 bridgehead atoms. The fourth-order valence-corrected chi connectivity index (χ4v) is 3.38. The van der Waals surface area contributed by atoms with Crippen LogP contribution in [-0.2, 0) is 0 Å². The van der Waals surface area contributed by atoms with Gasteiger partial charge in [-0.15, -0.1) is 0 Å². The van der Waals surface area contributed by atoms with Crippen LogP contribution >= 0.6 is 23.5 Å². The summed E-state index contributed by atoms with van der Waals surface area (Å²) in [5.41, 5.74) is 2.60. The summed E-state index contributed by atoms with van der Waals surface area (Å²) < 4.78 is 22.2. The van der Waals surface area contributed by atoms with E-state index in [4.69, 9.17) is 5.26 Å². The molecule has 100 valence electrons. The number of aromatic amines is 1. The summed E-state index contributed by atoms with van der Waals surface area (Å²) in [6.45, 7) is 1.93. The third-order valence-electron chi connectivity index (χ3n) is 2.77. The Morgan fingerprint density at radius 2 is 2.35 bits per heavy atom. The SMILES string of the molecule is Cc1cc(SNc2ccc(F)c3c(C#N)c[nH]c23)sn1. The monoisotopic (exact) mass is 304 g/mol. The van der Waals surface area contributed by atoms with E-state index in [0.717, 1.165) is 15.6 Å². The second-order valence-electron chi connectivity index (χ2n) is 4.15. The molecule has 1 aromatic carbocycles. The van der Waals surface area contributed by atoms with Gasteiger partial charge in [-0.05, 0) is 48.6 Å². The van der Waals surface area contributed by atoms with Crippen molar-refractivity contribution in [2.45, 2.75) is 11.1 Å². The van der Waals surface area contributed by atoms with Gasteiger partial charge in [0, 0.05) is 6.20 Å². The van der Waals surface area contributed by atoms with Crippen LogP contribution in [0.2, 0.25) is 0 Å². The molecule has 0 atom stereocenters. The molecule has 2 aromatic heterocycles. The molecular weight excluding hydrogens is 295 g/mol. The first-order chi connectivity index (χ1) is 9.69. The summed E-state index contributed by atoms with van der Waals surface area (Å²) in [5, 5.41) is 9.30. The second kappa shape index (κ2) is 5.15. The van der Waals surface area contributed by atoms with Gasteiger partial charge in [0.2, 0.25) is 0 Å². The van der Waals surface area contributed by atoms with Crippen molar-refractivity contribution in [2.75, 3.05) is 4.72 Å². The predicted octanol–water partition coefficient (Wildman–Crippen LogP) is 4.06. The van der Waals surface area contributed by atoms with Crippen molar-refractivity contribution >= 4 is 40.1 Å². The zero-order valence-electron chi connectivity index (χ0n) is 10.4. The van der Waals surface area contributed by atoms with Crippen LogP contribution in [-0.4, -0.2) is 9.36 Å². The van der Waals surface area contributed by atoms with Crippen LogP contribution in [0.3, 0.4) is 0 Å². The smallest absolute Gasteiger partial charge is 0.134 e. The molecule has 0 aliphatic rings. The Balaban J connectivity index is 1.94. The van der Waals surface area contributed by atoms with Gasteiger partial charge in [0.25, 0.3) is 0 Å². The number of aryl methyl sites for hydroxylation is 1. The highest BCUT2D eigenvalue weighted by Gasteiger charge is 2.12. The number of nitrogens with zero attached hydrogens (tertiary/aromatic N) is 2. The number of fused-ring (bicyclic) bond motifs is 1. The largest absolute Gasteiger partial charge is 0.358 e. The molecule has 3 rings (SSSR count). The third kappa shape index (κ3) is 2.24. The molecule has 0 aliphatic carbocycles. The lowest BCUT2D eigenvalue weighted by Crippen LogP contribution is -1.89. The van der Waals surface area contributed by atoms with Gasteiger partial charge in [-0.2, -0.15) is 9.64 Å². The number of benzene rings is 1. The topological polar surface area (TPSA) is 64.5 Å². The van der Waals surface area contributed by atoms with Crippen molar-refractivity contribution in [3.63, 3.8) is 0 Å². The van der Waals surface area contributed by atoms with Crippen LogP contribution in [0, 0.1) is 24.1 Å². The number of nitrogens with one attached hydrogen (secondary N) is 2. The van der Waals surface area contributed by atoms with Crippen LogP contribution in [0.25, 0.3) is 10.9 Å². The minimum Gasteiger partial charge on any atom is -0.358 e. The number of rotatable bonds is 3. The molecule has 0 aliphatic heterocycles. The third-order valence-corrected chi connectivity index (χ3v) is 4.56. The zero-order valence-corrected chi connectivity index (χ0v) is 12.0. The Bertz CT molecular complexity index is 815. The van der Waals surface area contributed by atoms with Crippen LogP contribution in [0.5, 0.6) is 0 Å². The van der Waals surface area contributed by atoms with E-state index in [-0.39, 0.29) is 0 Å². The minimum atomic E-state index is -0.401. The van der Waals surface area contributed by atoms with E-state index >= 15 is 0 Å². The number of nitriles is 1. The van der Waals surface area contributed by atoms with Crippen molar-refractivity contribution in [2.24, 2.45) is 0 Å². The van der Waals surface area contributed by atoms with Gasteiger partial charge in [0.05, 0.1) is 27.8 Å². The van der Waals surface area contributed by atoms with Gasteiger partial charge in [0.1, 0.15) is 16.1 Å². The summed E-state index contributed by atoms with van der Waals surface area (Å²) in [4.78, 5) is 2.94. The highest BCUT2D eigenvalue weighted by Crippen LogP contribution is 2.32. The van der Waals surface area contributed by atoms with Crippen LogP contribution < -0.4 is 4.72 Å². The first-order valence-corrected chi connectivity index (χ1v) is 7.34. The van der Waals surface area contributed by atoms with Gasteiger partial charge in [-0.25, -0.2) is 4.39 Å². The van der Waals surface area contributed by atoms with E-state index in [9.17, 15) is 4.39 Å². The number of H-pyrrole nitrogens is 1. The van der Waals surface area contributed by atoms with Gasteiger partial charge in [-0.3, -0.25) is 0 Å². The summed E-state index contributed by atoms with van der Waals surface area (Å²) in [6, 6.07) is 6.96. The average molecular weight is 304 g/mol. The second-order valence-corrected chi connectivity index (χ2v) is 6.06. The maximum absolute atomic E-state index is 13.8. The molecule has 2 heterocycles. The van der Waals surface area contributed by atoms with Crippen LogP contribution in [0.15, 0.2) is 28.6 Å². The number of hydrogen-bond acceptors (Lipinski definition) is 5. The van der Waals surface area contributed by atoms with Gasteiger partial charge >= 0.3 is 0 Å². The molecule has 0 unspecified atom stereocenters. The van der Waals surface area contributed by atoms with Crippen molar-refractivity contribution < 1.29 is 4.39 Å². The minimum absolute atomic E-state index is 0.305. The van der Waals surface area contributed by atoms with E-state index in [0.29, 0.717) is 16.5 Å². The standard InChI is InChI=1S/C13H9FN4S2/c1-7-4-11(19-17-7)20-18-10-3-2-9(14)12-8(5-15)6-16-13(10)12/h2-4,6,16,18H,1H3. The number of aromatic nitrogens is 2. The first-order valence-electron chi connectivity index (χ1n) is 5.75. The van der Waals surface area contributed by atoms with Gasteiger partial charge in [-0.1, -0.05) is 0 Å². The van der Waals surface area contributed by atoms with E-state index in [1.807, 2.05) is 19.1 Å². The lowest BCUT2D eigenvalue weighted by Gasteiger charge is -2.05. The van der Waals surface area contributed by atoms with E-state index in [1.165, 1.54) is 35.7 Å². The van der Waals surface area contributed by atoms with Crippen LogP contribution in [0.1, 0.15) is 11.3 Å². The van der Waals surface area contributed by atoms with Gasteiger partial charge in [0.15, 0.2) is 0 Å². The normalized spacial score (nSPS) is 10.7. The maximum Gasteiger partial charge on any atom is 0.134 e. The fourth-order valence-electron chi connectivity index (χ4n) is 1.87. The van der Waals surface area contributed by atoms with Crippen LogP contribution in [0.4, 0.5) is 10.1 Å². The average Bonchev–Trinajstić information content (AvgIpc) is 3.05. The van der Waals surface area contributed by atoms with E-state index in [2.05, 4.69) is 14.1 Å². The lowest BCUT2D eigenvalue weighted by molar-refractivity contribution is 0.640. The molecule has 2 N–H and O–H groups in total. The molecule has 0 radical (unpaired) electrons. The Kier molecular flexibility index (Phi) is 3.34. The molecule has 0 fully saturated rings. The summed E-state index contributed by atoms with van der Waals surface area (Å²) in [5.74, 6) is -0.401. The molecular formula is C13H9FN4S2. The van der Waals surface area contributed by atoms with Crippen molar-refractivity contribution in [3.8, 4) is 6.07 Å². The fraction of sp³-hybridized carbons (Fsp3) is 0.0769. The summed E-state index contributed by atoms with van der Waals surface area (Å²) in [6.07, 6.45) is 1.51. The lowest BCUT2D eigenvalue weighted by atomic mass is 10.1. The molecule has 0 spiro atoms. The van der Waals surface area contributed by atoms with Crippen molar-refractivity contribution in [1.29, 1.82) is 5.26 Å². The first kappa shape index (κ1) is 13.0. The van der Waals surface area contributed by atoms with Crippen molar-refractivity contribution in [3.05, 3.63) is 41.5 Å². The Hall–Kier alpha value is -2.04. The quantitative estimate of drug-likeness (QED) is 0.716. The summed E-state index contributed by atoms with van der Waals surface area (Å²) in [7, 11) is 0. The molecule has 4 nitrogen and oxygen atoms in total. The Morgan fingerprint density at radius 3 is 3.05 bits per heavy atom. The molecule has 20 heavy (non-hydrogen) atoms. The van der Waals surface area contributed by atoms with Crippen molar-refractivity contribution in [1.82, 2.24) is 9.36 Å². The molecule has 7 heteroatoms. The number of anilines is 1. The molecule has 0 amide bonds. The van der Waals surface area contributed by atoms with Gasteiger partial charge < -0.3 is 9.71 Å². The maximum atomic E-state index is 13.8. The highest BCUT2D eigenvalue weighted by atomic mass is 32.2.